The first-order chi connectivity index (χ1) is 14.0. The Hall–Kier alpha value is -2.59. The van der Waals surface area contributed by atoms with Gasteiger partial charge in [0.05, 0.1) is 12.7 Å². The highest BCUT2D eigenvalue weighted by atomic mass is 16.6. The number of para-hydroxylation sites is 1. The van der Waals surface area contributed by atoms with Crippen LogP contribution in [-0.4, -0.2) is 19.3 Å². The van der Waals surface area contributed by atoms with Gasteiger partial charge in [-0.2, -0.15) is 0 Å². The number of carbonyl (C=O) groups excluding carboxylic acids is 1. The highest BCUT2D eigenvalue weighted by Gasteiger charge is 2.54. The van der Waals surface area contributed by atoms with Crippen molar-refractivity contribution in [3.05, 3.63) is 77.9 Å². The Labute approximate surface area is 172 Å². The summed E-state index contributed by atoms with van der Waals surface area (Å²) < 4.78 is 12.2. The third-order valence-corrected chi connectivity index (χ3v) is 6.87. The minimum absolute atomic E-state index is 0.0428. The third kappa shape index (κ3) is 3.69. The molecule has 4 nitrogen and oxygen atoms in total. The van der Waals surface area contributed by atoms with Crippen LogP contribution in [0.4, 0.5) is 10.5 Å². The van der Waals surface area contributed by atoms with Gasteiger partial charge in [-0.1, -0.05) is 74.0 Å². The van der Waals surface area contributed by atoms with Gasteiger partial charge in [0.2, 0.25) is 0 Å². The summed E-state index contributed by atoms with van der Waals surface area (Å²) in [6.45, 7) is 7.62. The lowest BCUT2D eigenvalue weighted by Crippen LogP contribution is -2.54. The Morgan fingerprint density at radius 2 is 1.76 bits per heavy atom. The zero-order valence-corrected chi connectivity index (χ0v) is 17.3. The standard InChI is InChI=1S/C25H29NO3/c1-17-14-18(2)25(16-29-24(27)26-21-12-8-5-9-13-21)15-28-23(22(17)19(25)3)20-10-6-4-7-11-20/h4-14,18-19,22-23H,15-16H2,1-3H3,(H,26,27)/t18-,19+,22-,23-,25-/m0/s1. The quantitative estimate of drug-likeness (QED) is 0.666. The smallest absolute Gasteiger partial charge is 0.411 e. The summed E-state index contributed by atoms with van der Waals surface area (Å²) in [5.41, 5.74) is 3.09. The summed E-state index contributed by atoms with van der Waals surface area (Å²) in [6, 6.07) is 19.8. The molecule has 1 saturated heterocycles. The molecule has 1 fully saturated rings. The molecule has 1 aliphatic heterocycles. The van der Waals surface area contributed by atoms with Gasteiger partial charge in [-0.3, -0.25) is 5.32 Å². The Balaban J connectivity index is 1.52. The van der Waals surface area contributed by atoms with Crippen LogP contribution in [0.25, 0.3) is 0 Å². The van der Waals surface area contributed by atoms with Gasteiger partial charge >= 0.3 is 6.09 Å². The molecule has 1 heterocycles. The van der Waals surface area contributed by atoms with E-state index in [4.69, 9.17) is 9.47 Å². The number of anilines is 1. The number of fused-ring (bicyclic) bond motifs is 2. The monoisotopic (exact) mass is 391 g/mol. The molecule has 4 rings (SSSR count). The first-order valence-corrected chi connectivity index (χ1v) is 10.3. The zero-order valence-electron chi connectivity index (χ0n) is 17.3. The van der Waals surface area contributed by atoms with E-state index in [1.54, 1.807) is 0 Å². The van der Waals surface area contributed by atoms with Crippen molar-refractivity contribution in [1.82, 2.24) is 0 Å². The molecule has 0 spiro atoms. The normalized spacial score (nSPS) is 30.9. The number of allylic oxidation sites excluding steroid dienone is 1. The topological polar surface area (TPSA) is 47.6 Å². The molecule has 1 aliphatic carbocycles. The summed E-state index contributed by atoms with van der Waals surface area (Å²) in [5, 5.41) is 2.81. The fraction of sp³-hybridized carbons (Fsp3) is 0.400. The second-order valence-corrected chi connectivity index (χ2v) is 8.46. The Morgan fingerprint density at radius 3 is 2.45 bits per heavy atom. The lowest BCUT2D eigenvalue weighted by molar-refractivity contribution is -0.165. The van der Waals surface area contributed by atoms with Gasteiger partial charge in [0.15, 0.2) is 0 Å². The predicted octanol–water partition coefficient (Wildman–Crippen LogP) is 5.84. The number of nitrogens with one attached hydrogen (secondary N) is 1. The van der Waals surface area contributed by atoms with Gasteiger partial charge in [0.1, 0.15) is 6.61 Å². The van der Waals surface area contributed by atoms with Crippen molar-refractivity contribution in [3.63, 3.8) is 0 Å². The van der Waals surface area contributed by atoms with E-state index in [2.05, 4.69) is 56.4 Å². The molecule has 1 amide bonds. The van der Waals surface area contributed by atoms with Gasteiger partial charge in [0, 0.05) is 17.0 Å². The molecule has 1 N–H and O–H groups in total. The summed E-state index contributed by atoms with van der Waals surface area (Å²) in [7, 11) is 0. The van der Waals surface area contributed by atoms with Crippen molar-refractivity contribution in [2.45, 2.75) is 26.9 Å². The summed E-state index contributed by atoms with van der Waals surface area (Å²) in [6.07, 6.45) is 1.97. The largest absolute Gasteiger partial charge is 0.449 e. The second kappa shape index (κ2) is 8.03. The molecule has 2 aromatic rings. The average Bonchev–Trinajstić information content (AvgIpc) is 2.73. The molecule has 0 saturated carbocycles. The van der Waals surface area contributed by atoms with Gasteiger partial charge in [-0.05, 0) is 36.5 Å². The van der Waals surface area contributed by atoms with E-state index in [-0.39, 0.29) is 23.4 Å². The molecule has 2 aliphatic rings. The number of rotatable bonds is 4. The molecular formula is C25H29NO3. The molecular weight excluding hydrogens is 362 g/mol. The molecule has 29 heavy (non-hydrogen) atoms. The first kappa shape index (κ1) is 19.7. The Kier molecular flexibility index (Phi) is 5.46. The number of hydrogen-bond donors (Lipinski definition) is 1. The number of benzene rings is 2. The van der Waals surface area contributed by atoms with Crippen molar-refractivity contribution < 1.29 is 14.3 Å². The lowest BCUT2D eigenvalue weighted by Gasteiger charge is -2.55. The minimum Gasteiger partial charge on any atom is -0.449 e. The van der Waals surface area contributed by atoms with E-state index in [1.807, 2.05) is 36.4 Å². The van der Waals surface area contributed by atoms with E-state index >= 15 is 0 Å². The van der Waals surface area contributed by atoms with Crippen LogP contribution in [0.15, 0.2) is 72.3 Å². The van der Waals surface area contributed by atoms with E-state index in [0.717, 1.165) is 5.69 Å². The second-order valence-electron chi connectivity index (χ2n) is 8.46. The summed E-state index contributed by atoms with van der Waals surface area (Å²) >= 11 is 0. The van der Waals surface area contributed by atoms with E-state index in [1.165, 1.54) is 11.1 Å². The number of carbonyl (C=O) groups is 1. The van der Waals surface area contributed by atoms with Crippen molar-refractivity contribution in [2.75, 3.05) is 18.5 Å². The SMILES string of the molecule is CC1=C[C@H](C)[C@@]2(COC(=O)Nc3ccccc3)CO[C@@H](c3ccccc3)[C@@H]1[C@H]2C. The molecule has 2 bridgehead atoms. The maximum Gasteiger partial charge on any atom is 0.411 e. The van der Waals surface area contributed by atoms with Crippen LogP contribution in [0.1, 0.15) is 32.4 Å². The maximum absolute atomic E-state index is 12.4. The molecule has 5 atom stereocenters. The molecule has 4 heteroatoms. The number of amides is 1. The minimum atomic E-state index is -0.419. The van der Waals surface area contributed by atoms with Crippen LogP contribution in [0.2, 0.25) is 0 Å². The van der Waals surface area contributed by atoms with Crippen LogP contribution in [0.3, 0.4) is 0 Å². The zero-order chi connectivity index (χ0) is 20.4. The molecule has 0 unspecified atom stereocenters. The molecule has 0 radical (unpaired) electrons. The summed E-state index contributed by atoms with van der Waals surface area (Å²) in [5.74, 6) is 0.893. The van der Waals surface area contributed by atoms with Crippen molar-refractivity contribution >= 4 is 11.8 Å². The molecule has 0 aromatic heterocycles. The van der Waals surface area contributed by atoms with Gasteiger partial charge < -0.3 is 9.47 Å². The van der Waals surface area contributed by atoms with Gasteiger partial charge in [-0.25, -0.2) is 4.79 Å². The fourth-order valence-corrected chi connectivity index (χ4v) is 5.08. The Bertz CT molecular complexity index is 879. The van der Waals surface area contributed by atoms with Gasteiger partial charge in [0.25, 0.3) is 0 Å². The maximum atomic E-state index is 12.4. The van der Waals surface area contributed by atoms with E-state index < -0.39 is 6.09 Å². The van der Waals surface area contributed by atoms with Crippen LogP contribution in [0, 0.1) is 23.2 Å². The fourth-order valence-electron chi connectivity index (χ4n) is 5.08. The lowest BCUT2D eigenvalue weighted by atomic mass is 9.56. The van der Waals surface area contributed by atoms with E-state index in [9.17, 15) is 4.79 Å². The number of hydrogen-bond acceptors (Lipinski definition) is 3. The van der Waals surface area contributed by atoms with Crippen LogP contribution in [-0.2, 0) is 9.47 Å². The van der Waals surface area contributed by atoms with E-state index in [0.29, 0.717) is 19.1 Å². The first-order valence-electron chi connectivity index (χ1n) is 10.3. The van der Waals surface area contributed by atoms with Crippen molar-refractivity contribution in [3.8, 4) is 0 Å². The summed E-state index contributed by atoms with van der Waals surface area (Å²) in [4.78, 5) is 12.4. The van der Waals surface area contributed by atoms with Crippen LogP contribution in [0.5, 0.6) is 0 Å². The third-order valence-electron chi connectivity index (χ3n) is 6.87. The predicted molar refractivity (Wildman–Crippen MR) is 115 cm³/mol. The van der Waals surface area contributed by atoms with Gasteiger partial charge in [-0.15, -0.1) is 0 Å². The molecule has 152 valence electrons. The van der Waals surface area contributed by atoms with Crippen LogP contribution >= 0.6 is 0 Å². The highest BCUT2D eigenvalue weighted by Crippen LogP contribution is 2.56. The van der Waals surface area contributed by atoms with Crippen molar-refractivity contribution in [2.24, 2.45) is 23.2 Å². The van der Waals surface area contributed by atoms with Crippen molar-refractivity contribution in [1.29, 1.82) is 0 Å². The number of ether oxygens (including phenoxy) is 2. The highest BCUT2D eigenvalue weighted by molar-refractivity contribution is 5.84. The molecule has 2 aromatic carbocycles. The van der Waals surface area contributed by atoms with Crippen LogP contribution < -0.4 is 5.32 Å². The average molecular weight is 392 g/mol. The Morgan fingerprint density at radius 1 is 1.10 bits per heavy atom.